The average molecular weight is 499 g/mol. The van der Waals surface area contributed by atoms with Crippen molar-refractivity contribution in [2.45, 2.75) is 4.90 Å². The third-order valence-corrected chi connectivity index (χ3v) is 6.86. The Bertz CT molecular complexity index is 1470. The molecule has 1 N–H and O–H groups in total. The topological polar surface area (TPSA) is 123 Å². The molecule has 0 saturated carbocycles. The quantitative estimate of drug-likeness (QED) is 0.414. The van der Waals surface area contributed by atoms with Crippen LogP contribution in [0, 0.1) is 0 Å². The van der Waals surface area contributed by atoms with E-state index in [1.807, 2.05) is 24.3 Å². The van der Waals surface area contributed by atoms with Crippen LogP contribution in [0.1, 0.15) is 0 Å². The summed E-state index contributed by atoms with van der Waals surface area (Å²) in [5.41, 5.74) is 1.13. The van der Waals surface area contributed by atoms with Gasteiger partial charge < -0.3 is 14.4 Å². The summed E-state index contributed by atoms with van der Waals surface area (Å²) in [6.07, 6.45) is 6.09. The van der Waals surface area contributed by atoms with Gasteiger partial charge in [-0.1, -0.05) is 18.2 Å². The Morgan fingerprint density at radius 2 is 1.76 bits per heavy atom. The fourth-order valence-corrected chi connectivity index (χ4v) is 4.89. The molecule has 4 rings (SSSR count). The highest BCUT2D eigenvalue weighted by Crippen LogP contribution is 2.40. The van der Waals surface area contributed by atoms with Crippen LogP contribution in [-0.2, 0) is 29.2 Å². The maximum absolute atomic E-state index is 12.8. The number of benzene rings is 2. The van der Waals surface area contributed by atoms with Crippen molar-refractivity contribution in [1.29, 1.82) is 0 Å². The molecule has 0 spiro atoms. The van der Waals surface area contributed by atoms with Crippen molar-refractivity contribution in [3.05, 3.63) is 78.2 Å². The number of rotatable bonds is 5. The molecule has 34 heavy (non-hydrogen) atoms. The van der Waals surface area contributed by atoms with Crippen LogP contribution in [0.5, 0.6) is 0 Å². The standard InChI is InChI=1S/C23H18N2O7S2/c1-31-22(26)15-7-5-6-12-25(20(15)23(27)32-2)18-11-10-14(34(28,29)30)13-16(18)21-24-17-8-3-4-9-19(17)33-21/h3-13H,1-2H3,(H,28,29,30). The maximum atomic E-state index is 12.8. The van der Waals surface area contributed by atoms with E-state index < -0.39 is 22.1 Å². The number of esters is 2. The Morgan fingerprint density at radius 3 is 2.44 bits per heavy atom. The zero-order valence-electron chi connectivity index (χ0n) is 18.0. The third kappa shape index (κ3) is 4.36. The van der Waals surface area contributed by atoms with E-state index in [9.17, 15) is 22.6 Å². The molecule has 174 valence electrons. The highest BCUT2D eigenvalue weighted by Gasteiger charge is 2.30. The lowest BCUT2D eigenvalue weighted by atomic mass is 10.1. The zero-order chi connectivity index (χ0) is 24.5. The normalized spacial score (nSPS) is 13.8. The van der Waals surface area contributed by atoms with Gasteiger partial charge in [-0.15, -0.1) is 11.3 Å². The predicted octanol–water partition coefficient (Wildman–Crippen LogP) is 3.70. The first kappa shape index (κ1) is 23.4. The fraction of sp³-hybridized carbons (Fsp3) is 0.0870. The van der Waals surface area contributed by atoms with Gasteiger partial charge in [0.15, 0.2) is 0 Å². The molecule has 0 saturated heterocycles. The first-order valence-corrected chi connectivity index (χ1v) is 12.0. The van der Waals surface area contributed by atoms with Crippen LogP contribution in [0.3, 0.4) is 0 Å². The van der Waals surface area contributed by atoms with Gasteiger partial charge in [0.1, 0.15) is 10.7 Å². The highest BCUT2D eigenvalue weighted by molar-refractivity contribution is 7.85. The van der Waals surface area contributed by atoms with Crippen molar-refractivity contribution in [1.82, 2.24) is 4.98 Å². The molecule has 0 radical (unpaired) electrons. The number of carbonyl (C=O) groups excluding carboxylic acids is 2. The largest absolute Gasteiger partial charge is 0.465 e. The van der Waals surface area contributed by atoms with Crippen molar-refractivity contribution >= 4 is 49.3 Å². The average Bonchev–Trinajstić information content (AvgIpc) is 3.14. The van der Waals surface area contributed by atoms with Gasteiger partial charge in [0.25, 0.3) is 10.1 Å². The zero-order valence-corrected chi connectivity index (χ0v) is 19.6. The van der Waals surface area contributed by atoms with Crippen LogP contribution in [0.25, 0.3) is 20.8 Å². The molecule has 11 heteroatoms. The van der Waals surface area contributed by atoms with Crippen molar-refractivity contribution in [2.75, 3.05) is 19.1 Å². The minimum atomic E-state index is -4.53. The molecule has 3 aromatic rings. The molecule has 1 aromatic heterocycles. The number of anilines is 1. The molecule has 0 fully saturated rings. The lowest BCUT2D eigenvalue weighted by Crippen LogP contribution is -2.27. The number of para-hydroxylation sites is 1. The molecule has 0 amide bonds. The van der Waals surface area contributed by atoms with Gasteiger partial charge in [0, 0.05) is 11.8 Å². The monoisotopic (exact) mass is 498 g/mol. The van der Waals surface area contributed by atoms with Crippen LogP contribution >= 0.6 is 11.3 Å². The van der Waals surface area contributed by atoms with Crippen LogP contribution in [0.15, 0.2) is 83.1 Å². The number of nitrogens with zero attached hydrogens (tertiary/aromatic N) is 2. The summed E-state index contributed by atoms with van der Waals surface area (Å²) in [6, 6.07) is 11.2. The second kappa shape index (κ2) is 9.21. The van der Waals surface area contributed by atoms with E-state index in [1.54, 1.807) is 12.2 Å². The highest BCUT2D eigenvalue weighted by atomic mass is 32.2. The molecular weight excluding hydrogens is 480 g/mol. The predicted molar refractivity (Wildman–Crippen MR) is 127 cm³/mol. The summed E-state index contributed by atoms with van der Waals surface area (Å²) in [4.78, 5) is 30.9. The van der Waals surface area contributed by atoms with Gasteiger partial charge in [-0.05, 0) is 42.5 Å². The Kier molecular flexibility index (Phi) is 6.33. The van der Waals surface area contributed by atoms with E-state index in [-0.39, 0.29) is 16.2 Å². The molecule has 2 aromatic carbocycles. The second-order valence-electron chi connectivity index (χ2n) is 6.96. The Labute approximate surface area is 199 Å². The summed E-state index contributed by atoms with van der Waals surface area (Å²) in [5.74, 6) is -1.58. The van der Waals surface area contributed by atoms with Gasteiger partial charge in [-0.3, -0.25) is 4.55 Å². The minimum absolute atomic E-state index is 0.0616. The maximum Gasteiger partial charge on any atom is 0.355 e. The second-order valence-corrected chi connectivity index (χ2v) is 9.41. The van der Waals surface area contributed by atoms with Crippen molar-refractivity contribution in [2.24, 2.45) is 0 Å². The smallest absolute Gasteiger partial charge is 0.355 e. The van der Waals surface area contributed by atoms with Crippen LogP contribution in [0.4, 0.5) is 5.69 Å². The van der Waals surface area contributed by atoms with E-state index in [4.69, 9.17) is 9.47 Å². The first-order valence-electron chi connectivity index (χ1n) is 9.77. The minimum Gasteiger partial charge on any atom is -0.465 e. The molecule has 9 nitrogen and oxygen atoms in total. The van der Waals surface area contributed by atoms with Crippen LogP contribution in [0.2, 0.25) is 0 Å². The van der Waals surface area contributed by atoms with Crippen molar-refractivity contribution in [3.63, 3.8) is 0 Å². The van der Waals surface area contributed by atoms with Crippen LogP contribution in [-0.4, -0.2) is 44.1 Å². The molecule has 2 heterocycles. The molecule has 0 atom stereocenters. The number of hydrogen-bond acceptors (Lipinski definition) is 9. The summed E-state index contributed by atoms with van der Waals surface area (Å²) >= 11 is 1.30. The van der Waals surface area contributed by atoms with Crippen LogP contribution < -0.4 is 4.90 Å². The third-order valence-electron chi connectivity index (χ3n) is 4.94. The van der Waals surface area contributed by atoms with E-state index >= 15 is 0 Å². The number of aromatic nitrogens is 1. The summed E-state index contributed by atoms with van der Waals surface area (Å²) < 4.78 is 44.0. The van der Waals surface area contributed by atoms with E-state index in [1.165, 1.54) is 60.9 Å². The van der Waals surface area contributed by atoms with E-state index in [0.717, 1.165) is 4.70 Å². The molecule has 0 bridgehead atoms. The van der Waals surface area contributed by atoms with Crippen molar-refractivity contribution < 1.29 is 32.0 Å². The van der Waals surface area contributed by atoms with E-state index in [2.05, 4.69) is 4.98 Å². The van der Waals surface area contributed by atoms with Gasteiger partial charge in [0.05, 0.1) is 40.6 Å². The van der Waals surface area contributed by atoms with Crippen molar-refractivity contribution in [3.8, 4) is 10.6 Å². The number of methoxy groups -OCH3 is 2. The van der Waals surface area contributed by atoms with E-state index in [0.29, 0.717) is 21.8 Å². The Morgan fingerprint density at radius 1 is 1.03 bits per heavy atom. The number of carbonyl (C=O) groups is 2. The lowest BCUT2D eigenvalue weighted by Gasteiger charge is -2.25. The lowest BCUT2D eigenvalue weighted by molar-refractivity contribution is -0.139. The van der Waals surface area contributed by atoms with Gasteiger partial charge in [-0.2, -0.15) is 8.42 Å². The summed E-state index contributed by atoms with van der Waals surface area (Å²) in [7, 11) is -2.16. The summed E-state index contributed by atoms with van der Waals surface area (Å²) in [6.45, 7) is 0. The van der Waals surface area contributed by atoms with Gasteiger partial charge >= 0.3 is 11.9 Å². The summed E-state index contributed by atoms with van der Waals surface area (Å²) in [5, 5.41) is 0.441. The van der Waals surface area contributed by atoms with Gasteiger partial charge in [-0.25, -0.2) is 14.6 Å². The Hall–Kier alpha value is -3.80. The number of ether oxygens (including phenoxy) is 2. The molecule has 0 aliphatic carbocycles. The first-order chi connectivity index (χ1) is 16.2. The number of thiazole rings is 1. The molecular formula is C23H18N2O7S2. The number of fused-ring (bicyclic) bond motifs is 1. The molecule has 0 unspecified atom stereocenters. The van der Waals surface area contributed by atoms with Gasteiger partial charge in [0.2, 0.25) is 0 Å². The number of allylic oxidation sites excluding steroid dienone is 2. The molecule has 1 aliphatic heterocycles. The molecule has 1 aliphatic rings. The number of hydrogen-bond donors (Lipinski definition) is 1. The fourth-order valence-electron chi connectivity index (χ4n) is 3.40. The Balaban J connectivity index is 2.02. The SMILES string of the molecule is COC(=O)C1=C(C(=O)OC)N(c2ccc(S(=O)(=O)O)cc2-c2nc3ccccc3s2)C=CC=C1.